The van der Waals surface area contributed by atoms with Gasteiger partial charge in [0, 0.05) is 42.0 Å². The number of carbonyl (C=O) groups is 1. The van der Waals surface area contributed by atoms with Gasteiger partial charge in [-0.15, -0.1) is 0 Å². The fraction of sp³-hybridized carbons (Fsp3) is 0.444. The van der Waals surface area contributed by atoms with Gasteiger partial charge in [0.05, 0.1) is 17.8 Å². The summed E-state index contributed by atoms with van der Waals surface area (Å²) in [6, 6.07) is 7.80. The van der Waals surface area contributed by atoms with Gasteiger partial charge in [-0.25, -0.2) is 4.68 Å². The van der Waals surface area contributed by atoms with Crippen LogP contribution >= 0.6 is 11.6 Å². The lowest BCUT2D eigenvalue weighted by atomic mass is 10.1. The number of carbonyl (C=O) groups excluding carboxylic acids is 1. The molecule has 1 saturated heterocycles. The highest BCUT2D eigenvalue weighted by Gasteiger charge is 2.25. The Morgan fingerprint density at radius 3 is 2.71 bits per heavy atom. The molecule has 0 bridgehead atoms. The van der Waals surface area contributed by atoms with E-state index in [0.29, 0.717) is 11.4 Å². The fourth-order valence-electron chi connectivity index (χ4n) is 3.23. The Labute approximate surface area is 147 Å². The van der Waals surface area contributed by atoms with Gasteiger partial charge in [0.2, 0.25) is 5.91 Å². The number of hydrogen-bond acceptors (Lipinski definition) is 3. The zero-order chi connectivity index (χ0) is 17.3. The summed E-state index contributed by atoms with van der Waals surface area (Å²) >= 11 is 5.96. The van der Waals surface area contributed by atoms with Gasteiger partial charge in [-0.1, -0.05) is 11.6 Å². The van der Waals surface area contributed by atoms with Crippen LogP contribution in [0.25, 0.3) is 5.69 Å². The summed E-state index contributed by atoms with van der Waals surface area (Å²) < 4.78 is 1.88. The number of nitrogens with one attached hydrogen (secondary N) is 1. The Kier molecular flexibility index (Phi) is 4.92. The molecule has 1 amide bonds. The number of amides is 1. The first-order valence-electron chi connectivity index (χ1n) is 8.28. The summed E-state index contributed by atoms with van der Waals surface area (Å²) in [5, 5.41) is 8.63. The second kappa shape index (κ2) is 6.95. The Morgan fingerprint density at radius 2 is 2.04 bits per heavy atom. The standard InChI is InChI=1S/C18H23ClN4O/c1-12-11-20-8-9-22(12)18(24)10-17-13(2)21-23(14(17)3)16-6-4-15(19)5-7-16/h4-7,12,20H,8-11H2,1-3H3. The minimum atomic E-state index is 0.172. The van der Waals surface area contributed by atoms with Crippen LogP contribution in [0.3, 0.4) is 0 Å². The molecule has 1 fully saturated rings. The van der Waals surface area contributed by atoms with Crippen molar-refractivity contribution in [3.05, 3.63) is 46.2 Å². The lowest BCUT2D eigenvalue weighted by molar-refractivity contribution is -0.133. The van der Waals surface area contributed by atoms with E-state index >= 15 is 0 Å². The minimum Gasteiger partial charge on any atom is -0.337 e. The Balaban J connectivity index is 1.84. The molecular formula is C18H23ClN4O. The van der Waals surface area contributed by atoms with Crippen molar-refractivity contribution in [3.63, 3.8) is 0 Å². The van der Waals surface area contributed by atoms with Crippen LogP contribution in [0.5, 0.6) is 0 Å². The molecule has 6 heteroatoms. The van der Waals surface area contributed by atoms with Crippen LogP contribution in [-0.2, 0) is 11.2 Å². The molecule has 1 unspecified atom stereocenters. The van der Waals surface area contributed by atoms with Crippen molar-refractivity contribution < 1.29 is 4.79 Å². The predicted molar refractivity (Wildman–Crippen MR) is 95.8 cm³/mol. The zero-order valence-corrected chi connectivity index (χ0v) is 15.1. The van der Waals surface area contributed by atoms with Crippen molar-refractivity contribution in [3.8, 4) is 5.69 Å². The molecule has 1 aliphatic heterocycles. The Bertz CT molecular complexity index is 738. The van der Waals surface area contributed by atoms with Gasteiger partial charge in [0.1, 0.15) is 0 Å². The van der Waals surface area contributed by atoms with E-state index in [1.54, 1.807) is 0 Å². The van der Waals surface area contributed by atoms with Gasteiger partial charge in [-0.3, -0.25) is 4.79 Å². The first-order chi connectivity index (χ1) is 11.5. The number of rotatable bonds is 3. The molecule has 0 saturated carbocycles. The molecule has 128 valence electrons. The number of halogens is 1. The van der Waals surface area contributed by atoms with E-state index in [1.807, 2.05) is 47.7 Å². The molecule has 3 rings (SSSR count). The maximum atomic E-state index is 12.7. The summed E-state index contributed by atoms with van der Waals surface area (Å²) in [7, 11) is 0. The van der Waals surface area contributed by atoms with Crippen LogP contribution < -0.4 is 5.32 Å². The normalized spacial score (nSPS) is 18.0. The monoisotopic (exact) mass is 346 g/mol. The third-order valence-electron chi connectivity index (χ3n) is 4.66. The first-order valence-corrected chi connectivity index (χ1v) is 8.66. The Morgan fingerprint density at radius 1 is 1.33 bits per heavy atom. The zero-order valence-electron chi connectivity index (χ0n) is 14.3. The molecule has 2 aromatic rings. The second-order valence-electron chi connectivity index (χ2n) is 6.35. The van der Waals surface area contributed by atoms with Crippen molar-refractivity contribution in [1.82, 2.24) is 20.0 Å². The van der Waals surface area contributed by atoms with Gasteiger partial charge in [-0.2, -0.15) is 5.10 Å². The summed E-state index contributed by atoms with van der Waals surface area (Å²) in [4.78, 5) is 14.7. The molecule has 0 spiro atoms. The summed E-state index contributed by atoms with van der Waals surface area (Å²) in [5.41, 5.74) is 3.87. The number of benzene rings is 1. The summed E-state index contributed by atoms with van der Waals surface area (Å²) in [6.07, 6.45) is 0.398. The fourth-order valence-corrected chi connectivity index (χ4v) is 3.35. The first kappa shape index (κ1) is 17.0. The average molecular weight is 347 g/mol. The van der Waals surface area contributed by atoms with Crippen LogP contribution in [-0.4, -0.2) is 46.3 Å². The number of nitrogens with zero attached hydrogens (tertiary/aromatic N) is 3. The molecule has 1 aliphatic rings. The Hall–Kier alpha value is -1.85. The molecule has 24 heavy (non-hydrogen) atoms. The molecule has 5 nitrogen and oxygen atoms in total. The van der Waals surface area contributed by atoms with E-state index < -0.39 is 0 Å². The van der Waals surface area contributed by atoms with Crippen LogP contribution in [0.15, 0.2) is 24.3 Å². The maximum absolute atomic E-state index is 12.7. The van der Waals surface area contributed by atoms with Crippen molar-refractivity contribution in [1.29, 1.82) is 0 Å². The third kappa shape index (κ3) is 3.32. The largest absolute Gasteiger partial charge is 0.337 e. The van der Waals surface area contributed by atoms with Gasteiger partial charge >= 0.3 is 0 Å². The number of hydrogen-bond donors (Lipinski definition) is 1. The smallest absolute Gasteiger partial charge is 0.227 e. The molecule has 1 aromatic heterocycles. The van der Waals surface area contributed by atoms with E-state index in [0.717, 1.165) is 42.3 Å². The van der Waals surface area contributed by atoms with Gasteiger partial charge in [0.25, 0.3) is 0 Å². The van der Waals surface area contributed by atoms with Crippen molar-refractivity contribution >= 4 is 17.5 Å². The van der Waals surface area contributed by atoms with Gasteiger partial charge in [0.15, 0.2) is 0 Å². The lowest BCUT2D eigenvalue weighted by Gasteiger charge is -2.34. The van der Waals surface area contributed by atoms with Crippen molar-refractivity contribution in [2.45, 2.75) is 33.2 Å². The van der Waals surface area contributed by atoms with Crippen LogP contribution in [0.4, 0.5) is 0 Å². The second-order valence-corrected chi connectivity index (χ2v) is 6.79. The molecular weight excluding hydrogens is 324 g/mol. The SMILES string of the molecule is Cc1nn(-c2ccc(Cl)cc2)c(C)c1CC(=O)N1CCNCC1C. The van der Waals surface area contributed by atoms with Crippen LogP contribution in [0.2, 0.25) is 5.02 Å². The molecule has 2 heterocycles. The van der Waals surface area contributed by atoms with E-state index in [2.05, 4.69) is 17.3 Å². The third-order valence-corrected chi connectivity index (χ3v) is 4.91. The number of piperazine rings is 1. The summed E-state index contributed by atoms with van der Waals surface area (Å²) in [6.45, 7) is 8.54. The highest BCUT2D eigenvalue weighted by molar-refractivity contribution is 6.30. The lowest BCUT2D eigenvalue weighted by Crippen LogP contribution is -2.52. The van der Waals surface area contributed by atoms with E-state index in [9.17, 15) is 4.79 Å². The quantitative estimate of drug-likeness (QED) is 0.929. The average Bonchev–Trinajstić information content (AvgIpc) is 2.84. The topological polar surface area (TPSA) is 50.2 Å². The van der Waals surface area contributed by atoms with Gasteiger partial charge in [-0.05, 0) is 45.0 Å². The van der Waals surface area contributed by atoms with Crippen molar-refractivity contribution in [2.75, 3.05) is 19.6 Å². The molecule has 0 radical (unpaired) electrons. The minimum absolute atomic E-state index is 0.172. The maximum Gasteiger partial charge on any atom is 0.227 e. The summed E-state index contributed by atoms with van der Waals surface area (Å²) in [5.74, 6) is 0.172. The van der Waals surface area contributed by atoms with E-state index in [1.165, 1.54) is 0 Å². The highest BCUT2D eigenvalue weighted by Crippen LogP contribution is 2.21. The van der Waals surface area contributed by atoms with E-state index in [-0.39, 0.29) is 11.9 Å². The molecule has 1 atom stereocenters. The van der Waals surface area contributed by atoms with E-state index in [4.69, 9.17) is 11.6 Å². The number of aryl methyl sites for hydroxylation is 1. The van der Waals surface area contributed by atoms with Crippen LogP contribution in [0, 0.1) is 13.8 Å². The van der Waals surface area contributed by atoms with Crippen molar-refractivity contribution in [2.24, 2.45) is 0 Å². The highest BCUT2D eigenvalue weighted by atomic mass is 35.5. The molecule has 1 N–H and O–H groups in total. The van der Waals surface area contributed by atoms with Gasteiger partial charge < -0.3 is 10.2 Å². The number of aromatic nitrogens is 2. The molecule has 1 aromatic carbocycles. The van der Waals surface area contributed by atoms with Crippen LogP contribution in [0.1, 0.15) is 23.9 Å². The predicted octanol–water partition coefficient (Wildman–Crippen LogP) is 2.51. The molecule has 0 aliphatic carbocycles.